The fraction of sp³-hybridized carbons (Fsp3) is 0.316. The van der Waals surface area contributed by atoms with Crippen molar-refractivity contribution in [1.82, 2.24) is 5.32 Å². The topological polar surface area (TPSA) is 81.4 Å². The molecule has 5 nitrogen and oxygen atoms in total. The van der Waals surface area contributed by atoms with Gasteiger partial charge in [-0.05, 0) is 42.2 Å². The summed E-state index contributed by atoms with van der Waals surface area (Å²) in [6.45, 7) is 4.26. The summed E-state index contributed by atoms with van der Waals surface area (Å²) in [5, 5.41) is 8.60. The molecule has 3 N–H and O–H groups in total. The van der Waals surface area contributed by atoms with Gasteiger partial charge in [-0.25, -0.2) is 9.35 Å². The van der Waals surface area contributed by atoms with Crippen LogP contribution in [0.3, 0.4) is 0 Å². The molecular weight excluding hydrogens is 372 g/mol. The number of hydrogen-bond donors (Lipinski definition) is 2. The highest BCUT2D eigenvalue weighted by Crippen LogP contribution is 2.44. The van der Waals surface area contributed by atoms with E-state index in [0.717, 1.165) is 6.42 Å². The zero-order chi connectivity index (χ0) is 19.3. The van der Waals surface area contributed by atoms with Gasteiger partial charge < -0.3 is 10.1 Å². The lowest BCUT2D eigenvalue weighted by atomic mass is 10.1. The highest BCUT2D eigenvalue weighted by Gasteiger charge is 2.46. The number of nitrogens with two attached hydrogens (primary N) is 1. The monoisotopic (exact) mass is 394 g/mol. The van der Waals surface area contributed by atoms with Gasteiger partial charge in [0.15, 0.2) is 0 Å². The zero-order valence-electron chi connectivity index (χ0n) is 15.0. The van der Waals surface area contributed by atoms with Crippen molar-refractivity contribution < 1.29 is 13.7 Å². The van der Waals surface area contributed by atoms with Crippen LogP contribution >= 0.6 is 11.6 Å². The highest BCUT2D eigenvalue weighted by atomic mass is 35.5. The Hall–Kier alpha value is -1.89. The second kappa shape index (κ2) is 8.66. The Kier molecular flexibility index (Phi) is 6.81. The van der Waals surface area contributed by atoms with Gasteiger partial charge >= 0.3 is 0 Å². The minimum atomic E-state index is -1.33. The number of amides is 1. The Bertz CT molecular complexity index is 797. The lowest BCUT2D eigenvalue weighted by Gasteiger charge is -2.10. The minimum absolute atomic E-state index is 0.125. The van der Waals surface area contributed by atoms with Crippen LogP contribution in [0, 0.1) is 5.41 Å². The molecule has 1 saturated carbocycles. The first-order valence-electron chi connectivity index (χ1n) is 8.10. The second-order valence-electron chi connectivity index (χ2n) is 6.67. The van der Waals surface area contributed by atoms with Gasteiger partial charge in [-0.1, -0.05) is 43.6 Å². The van der Waals surface area contributed by atoms with Gasteiger partial charge in [0.05, 0.1) is 17.6 Å². The number of carbonyl (C=O) groups is 1. The molecule has 2 atom stereocenters. The number of rotatable bonds is 4. The molecule has 1 aliphatic rings. The van der Waals surface area contributed by atoms with E-state index in [1.807, 2.05) is 6.07 Å². The van der Waals surface area contributed by atoms with Gasteiger partial charge in [0.1, 0.15) is 16.7 Å². The van der Waals surface area contributed by atoms with Crippen LogP contribution in [0.25, 0.3) is 0 Å². The summed E-state index contributed by atoms with van der Waals surface area (Å²) in [5.74, 6) is 0.422. The van der Waals surface area contributed by atoms with Crippen LogP contribution in [0.2, 0.25) is 5.02 Å². The van der Waals surface area contributed by atoms with Crippen molar-refractivity contribution in [3.63, 3.8) is 0 Å². The molecule has 1 fully saturated rings. The van der Waals surface area contributed by atoms with Crippen LogP contribution < -0.4 is 15.2 Å². The van der Waals surface area contributed by atoms with E-state index in [1.54, 1.807) is 49.6 Å². The van der Waals surface area contributed by atoms with Crippen LogP contribution in [0.15, 0.2) is 53.4 Å². The maximum atomic E-state index is 12.1. The number of ether oxygens (including phenoxy) is 1. The highest BCUT2D eigenvalue weighted by molar-refractivity contribution is 7.82. The summed E-state index contributed by atoms with van der Waals surface area (Å²) in [7, 11) is 0.214. The quantitative estimate of drug-likeness (QED) is 0.832. The molecule has 3 rings (SSSR count). The lowest BCUT2D eigenvalue weighted by Crippen LogP contribution is -2.28. The van der Waals surface area contributed by atoms with E-state index in [0.29, 0.717) is 21.2 Å². The molecule has 2 aromatic carbocycles. The Labute approximate surface area is 161 Å². The third-order valence-electron chi connectivity index (χ3n) is 4.20. The minimum Gasteiger partial charge on any atom is -0.496 e. The Balaban J connectivity index is 0.000000228. The molecule has 1 amide bonds. The molecular formula is C19H23ClN2O3S. The fourth-order valence-electron chi connectivity index (χ4n) is 2.36. The average Bonchev–Trinajstić information content (AvgIpc) is 3.22. The first-order valence-corrected chi connectivity index (χ1v) is 9.69. The third kappa shape index (κ3) is 5.56. The lowest BCUT2D eigenvalue weighted by molar-refractivity contribution is 0.0943. The maximum Gasteiger partial charge on any atom is 0.255 e. The van der Waals surface area contributed by atoms with Crippen molar-refractivity contribution in [1.29, 1.82) is 0 Å². The van der Waals surface area contributed by atoms with Gasteiger partial charge in [0.2, 0.25) is 0 Å². The van der Waals surface area contributed by atoms with Crippen molar-refractivity contribution in [2.75, 3.05) is 7.11 Å². The summed E-state index contributed by atoms with van der Waals surface area (Å²) < 4.78 is 15.7. The van der Waals surface area contributed by atoms with E-state index in [-0.39, 0.29) is 17.4 Å². The smallest absolute Gasteiger partial charge is 0.255 e. The molecule has 2 unspecified atom stereocenters. The molecule has 1 aliphatic carbocycles. The molecule has 0 saturated heterocycles. The van der Waals surface area contributed by atoms with Crippen LogP contribution in [-0.4, -0.2) is 23.3 Å². The van der Waals surface area contributed by atoms with Gasteiger partial charge in [-0.2, -0.15) is 0 Å². The molecule has 0 aromatic heterocycles. The second-order valence-corrected chi connectivity index (χ2v) is 8.18. The maximum absolute atomic E-state index is 12.1. The van der Waals surface area contributed by atoms with E-state index >= 15 is 0 Å². The molecule has 7 heteroatoms. The molecule has 140 valence electrons. The van der Waals surface area contributed by atoms with Crippen LogP contribution in [0.5, 0.6) is 5.75 Å². The van der Waals surface area contributed by atoms with E-state index in [2.05, 4.69) is 19.2 Å². The van der Waals surface area contributed by atoms with Crippen LogP contribution in [0.1, 0.15) is 30.6 Å². The largest absolute Gasteiger partial charge is 0.496 e. The van der Waals surface area contributed by atoms with Crippen LogP contribution in [0.4, 0.5) is 0 Å². The van der Waals surface area contributed by atoms with E-state index < -0.39 is 11.0 Å². The number of methoxy groups -OCH3 is 1. The van der Waals surface area contributed by atoms with Gasteiger partial charge in [0.25, 0.3) is 5.91 Å². The summed E-state index contributed by atoms with van der Waals surface area (Å²) in [6, 6.07) is 14.2. The van der Waals surface area contributed by atoms with E-state index in [9.17, 15) is 9.00 Å². The number of hydrogen-bond acceptors (Lipinski definition) is 3. The molecule has 0 bridgehead atoms. The van der Waals surface area contributed by atoms with Crippen molar-refractivity contribution in [3.8, 4) is 5.75 Å². The first-order chi connectivity index (χ1) is 12.2. The van der Waals surface area contributed by atoms with E-state index in [1.165, 1.54) is 0 Å². The molecule has 26 heavy (non-hydrogen) atoms. The molecule has 0 radical (unpaired) electrons. The van der Waals surface area contributed by atoms with Crippen molar-refractivity contribution in [2.24, 2.45) is 10.6 Å². The standard InChI is InChI=1S/C13H16ClNO2.C6H7NOS/c1-13(2)7-11(13)15-12(16)9-6-8(14)4-5-10(9)17-3;7-9(8)6-4-2-1-3-5-6/h4-6,11H,7H2,1-3H3,(H,15,16);1-5H,7H2. The van der Waals surface area contributed by atoms with Crippen molar-refractivity contribution in [2.45, 2.75) is 31.2 Å². The summed E-state index contributed by atoms with van der Waals surface area (Å²) >= 11 is 5.89. The molecule has 2 aromatic rings. The number of carbonyl (C=O) groups excluding carboxylic acids is 1. The van der Waals surface area contributed by atoms with E-state index in [4.69, 9.17) is 21.5 Å². The Morgan fingerprint density at radius 2 is 1.88 bits per heavy atom. The summed E-state index contributed by atoms with van der Waals surface area (Å²) in [6.07, 6.45) is 1.02. The summed E-state index contributed by atoms with van der Waals surface area (Å²) in [4.78, 5) is 12.7. The predicted molar refractivity (Wildman–Crippen MR) is 105 cm³/mol. The SMILES string of the molecule is COc1ccc(Cl)cc1C(=O)NC1CC1(C)C.NS(=O)c1ccccc1. The first kappa shape index (κ1) is 20.4. The Morgan fingerprint density at radius 3 is 2.35 bits per heavy atom. The van der Waals surface area contributed by atoms with Gasteiger partial charge in [0, 0.05) is 11.1 Å². The zero-order valence-corrected chi connectivity index (χ0v) is 16.6. The average molecular weight is 395 g/mol. The fourth-order valence-corrected chi connectivity index (χ4v) is 2.96. The number of nitrogens with one attached hydrogen (secondary N) is 1. The Morgan fingerprint density at radius 1 is 1.27 bits per heavy atom. The summed E-state index contributed by atoms with van der Waals surface area (Å²) in [5.41, 5.74) is 0.698. The molecule has 0 aliphatic heterocycles. The normalized spacial score (nSPS) is 18.1. The van der Waals surface area contributed by atoms with Crippen molar-refractivity contribution in [3.05, 3.63) is 59.1 Å². The van der Waals surface area contributed by atoms with Crippen molar-refractivity contribution >= 4 is 28.5 Å². The van der Waals surface area contributed by atoms with Crippen LogP contribution in [-0.2, 0) is 11.0 Å². The number of benzene rings is 2. The third-order valence-corrected chi connectivity index (χ3v) is 5.17. The number of halogens is 1. The molecule has 0 spiro atoms. The predicted octanol–water partition coefficient (Wildman–Crippen LogP) is 3.54. The molecule has 0 heterocycles. The van der Waals surface area contributed by atoms with Gasteiger partial charge in [-0.15, -0.1) is 0 Å². The van der Waals surface area contributed by atoms with Gasteiger partial charge in [-0.3, -0.25) is 4.79 Å².